The molecule has 0 radical (unpaired) electrons. The zero-order chi connectivity index (χ0) is 25.0. The molecule has 6 nitrogen and oxygen atoms in total. The number of rotatable bonds is 8. The van der Waals surface area contributed by atoms with Crippen molar-refractivity contribution in [3.8, 4) is 11.1 Å². The van der Waals surface area contributed by atoms with E-state index in [0.29, 0.717) is 32.5 Å². The fourth-order valence-electron chi connectivity index (χ4n) is 5.05. The molecule has 3 aromatic carbocycles. The highest BCUT2D eigenvalue weighted by Gasteiger charge is 2.35. The summed E-state index contributed by atoms with van der Waals surface area (Å²) in [7, 11) is -3.45. The number of aromatic nitrogens is 2. The van der Waals surface area contributed by atoms with Crippen LogP contribution in [0.25, 0.3) is 11.1 Å². The van der Waals surface area contributed by atoms with Crippen LogP contribution in [0.15, 0.2) is 91.4 Å². The second kappa shape index (κ2) is 10.7. The van der Waals surface area contributed by atoms with Gasteiger partial charge < -0.3 is 9.88 Å². The van der Waals surface area contributed by atoms with Crippen LogP contribution in [-0.2, 0) is 29.5 Å². The Kier molecular flexibility index (Phi) is 7.20. The van der Waals surface area contributed by atoms with Crippen molar-refractivity contribution in [2.75, 3.05) is 17.2 Å². The highest BCUT2D eigenvalue weighted by molar-refractivity contribution is 7.89. The van der Waals surface area contributed by atoms with Crippen molar-refractivity contribution in [2.24, 2.45) is 0 Å². The maximum atomic E-state index is 13.6. The first-order valence-electron chi connectivity index (χ1n) is 12.5. The van der Waals surface area contributed by atoms with Crippen LogP contribution in [0.5, 0.6) is 0 Å². The first kappa shape index (κ1) is 24.3. The molecule has 4 aromatic rings. The van der Waals surface area contributed by atoms with Crippen molar-refractivity contribution in [3.63, 3.8) is 0 Å². The Bertz CT molecular complexity index is 1370. The number of sulfonamides is 1. The smallest absolute Gasteiger partial charge is 0.214 e. The number of benzene rings is 3. The van der Waals surface area contributed by atoms with Crippen LogP contribution in [0.2, 0.25) is 0 Å². The Morgan fingerprint density at radius 1 is 0.972 bits per heavy atom. The number of aromatic amines is 1. The third-order valence-electron chi connectivity index (χ3n) is 6.73. The number of imidazole rings is 1. The largest absolute Gasteiger partial charge is 0.364 e. The van der Waals surface area contributed by atoms with E-state index in [9.17, 15) is 8.42 Å². The van der Waals surface area contributed by atoms with Gasteiger partial charge in [0, 0.05) is 31.0 Å². The summed E-state index contributed by atoms with van der Waals surface area (Å²) in [5, 5.41) is 0. The van der Waals surface area contributed by atoms with Crippen molar-refractivity contribution >= 4 is 15.7 Å². The molecule has 1 aliphatic heterocycles. The molecule has 0 amide bonds. The molecule has 1 aromatic heterocycles. The third kappa shape index (κ3) is 5.37. The molecule has 1 atom stereocenters. The molecule has 1 N–H and O–H groups in total. The van der Waals surface area contributed by atoms with Crippen molar-refractivity contribution in [1.82, 2.24) is 14.3 Å². The quantitative estimate of drug-likeness (QED) is 0.359. The molecule has 0 fully saturated rings. The SMILES string of the molecule is CCCS(=O)(=O)N1Cc2cc(-c3ccccc3)ccc2N(Cc2c[nH]cn2)C[C@H]1Cc1ccccc1. The number of hydrogen-bond acceptors (Lipinski definition) is 4. The van der Waals surface area contributed by atoms with Gasteiger partial charge in [-0.2, -0.15) is 4.31 Å². The summed E-state index contributed by atoms with van der Waals surface area (Å²) in [6.07, 6.45) is 4.83. The predicted molar refractivity (Wildman–Crippen MR) is 145 cm³/mol. The second-order valence-electron chi connectivity index (χ2n) is 9.36. The van der Waals surface area contributed by atoms with E-state index < -0.39 is 10.0 Å². The third-order valence-corrected chi connectivity index (χ3v) is 8.80. The molecule has 0 bridgehead atoms. The highest BCUT2D eigenvalue weighted by atomic mass is 32.2. The van der Waals surface area contributed by atoms with Crippen LogP contribution in [0.3, 0.4) is 0 Å². The molecule has 36 heavy (non-hydrogen) atoms. The van der Waals surface area contributed by atoms with E-state index in [0.717, 1.165) is 33.6 Å². The van der Waals surface area contributed by atoms with Gasteiger partial charge in [0.15, 0.2) is 0 Å². The van der Waals surface area contributed by atoms with E-state index in [-0.39, 0.29) is 11.8 Å². The average molecular weight is 501 g/mol. The van der Waals surface area contributed by atoms with Crippen molar-refractivity contribution < 1.29 is 8.42 Å². The lowest BCUT2D eigenvalue weighted by atomic mass is 10.0. The molecule has 186 valence electrons. The first-order chi connectivity index (χ1) is 17.5. The monoisotopic (exact) mass is 500 g/mol. The molecule has 0 spiro atoms. The van der Waals surface area contributed by atoms with Gasteiger partial charge in [0.05, 0.1) is 24.3 Å². The molecule has 1 aliphatic rings. The predicted octanol–water partition coefficient (Wildman–Crippen LogP) is 5.25. The summed E-state index contributed by atoms with van der Waals surface area (Å²) in [5.41, 5.74) is 6.34. The molecule has 0 saturated carbocycles. The number of H-pyrrole nitrogens is 1. The first-order valence-corrected chi connectivity index (χ1v) is 14.1. The van der Waals surface area contributed by atoms with E-state index in [1.165, 1.54) is 0 Å². The number of nitrogens with one attached hydrogen (secondary N) is 1. The molecule has 0 aliphatic carbocycles. The van der Waals surface area contributed by atoms with Gasteiger partial charge in [0.1, 0.15) is 0 Å². The van der Waals surface area contributed by atoms with Gasteiger partial charge in [0.25, 0.3) is 0 Å². The Hall–Kier alpha value is -3.42. The van der Waals surface area contributed by atoms with Crippen LogP contribution in [0, 0.1) is 0 Å². The normalized spacial score (nSPS) is 16.5. The van der Waals surface area contributed by atoms with Crippen molar-refractivity contribution in [1.29, 1.82) is 0 Å². The van der Waals surface area contributed by atoms with Gasteiger partial charge in [-0.1, -0.05) is 73.7 Å². The number of nitrogens with zero attached hydrogens (tertiary/aromatic N) is 3. The molecule has 7 heteroatoms. The van der Waals surface area contributed by atoms with E-state index in [2.05, 4.69) is 57.3 Å². The minimum atomic E-state index is -3.45. The summed E-state index contributed by atoms with van der Waals surface area (Å²) in [5.74, 6) is 0.144. The molecule has 5 rings (SSSR count). The number of hydrogen-bond donors (Lipinski definition) is 1. The number of anilines is 1. The minimum Gasteiger partial charge on any atom is -0.364 e. The van der Waals surface area contributed by atoms with Gasteiger partial charge in [-0.25, -0.2) is 13.4 Å². The van der Waals surface area contributed by atoms with Gasteiger partial charge >= 0.3 is 0 Å². The Morgan fingerprint density at radius 2 is 1.72 bits per heavy atom. The van der Waals surface area contributed by atoms with Gasteiger partial charge in [-0.05, 0) is 47.2 Å². The zero-order valence-electron chi connectivity index (χ0n) is 20.5. The van der Waals surface area contributed by atoms with Crippen LogP contribution in [0.1, 0.15) is 30.2 Å². The van der Waals surface area contributed by atoms with E-state index in [1.807, 2.05) is 49.5 Å². The zero-order valence-corrected chi connectivity index (χ0v) is 21.4. The molecular weight excluding hydrogens is 468 g/mol. The fourth-order valence-corrected chi connectivity index (χ4v) is 6.73. The van der Waals surface area contributed by atoms with Crippen LogP contribution < -0.4 is 4.90 Å². The summed E-state index contributed by atoms with van der Waals surface area (Å²) in [4.78, 5) is 9.79. The minimum absolute atomic E-state index is 0.144. The lowest BCUT2D eigenvalue weighted by molar-refractivity contribution is 0.318. The Morgan fingerprint density at radius 3 is 2.42 bits per heavy atom. The van der Waals surface area contributed by atoms with E-state index >= 15 is 0 Å². The number of fused-ring (bicyclic) bond motifs is 1. The maximum Gasteiger partial charge on any atom is 0.214 e. The fraction of sp³-hybridized carbons (Fsp3) is 0.276. The highest BCUT2D eigenvalue weighted by Crippen LogP contribution is 2.34. The topological polar surface area (TPSA) is 69.3 Å². The van der Waals surface area contributed by atoms with E-state index in [4.69, 9.17) is 0 Å². The molecule has 0 unspecified atom stereocenters. The standard InChI is InChI=1S/C29H32N4O2S/c1-2-15-36(34,35)33-19-26-17-25(24-11-7-4-8-12-24)13-14-29(26)32(20-27-18-30-22-31-27)21-28(33)16-23-9-5-3-6-10-23/h3-14,17-18,22,28H,2,15-16,19-21H2,1H3,(H,30,31)/t28-/m1/s1. The van der Waals surface area contributed by atoms with Crippen LogP contribution in [-0.4, -0.2) is 41.0 Å². The van der Waals surface area contributed by atoms with Crippen LogP contribution in [0.4, 0.5) is 5.69 Å². The van der Waals surface area contributed by atoms with Gasteiger partial charge in [-0.15, -0.1) is 0 Å². The molecule has 0 saturated heterocycles. The Balaban J connectivity index is 1.60. The second-order valence-corrected chi connectivity index (χ2v) is 11.4. The molecule has 2 heterocycles. The maximum absolute atomic E-state index is 13.6. The van der Waals surface area contributed by atoms with Crippen LogP contribution >= 0.6 is 0 Å². The molecular formula is C29H32N4O2S. The van der Waals surface area contributed by atoms with Gasteiger partial charge in [-0.3, -0.25) is 0 Å². The average Bonchev–Trinajstić information content (AvgIpc) is 3.35. The summed E-state index contributed by atoms with van der Waals surface area (Å²) in [6, 6.07) is 26.6. The van der Waals surface area contributed by atoms with E-state index in [1.54, 1.807) is 10.6 Å². The summed E-state index contributed by atoms with van der Waals surface area (Å²) < 4.78 is 29.0. The lowest BCUT2D eigenvalue weighted by Gasteiger charge is -2.32. The van der Waals surface area contributed by atoms with Crippen molar-refractivity contribution in [3.05, 3.63) is 108 Å². The summed E-state index contributed by atoms with van der Waals surface area (Å²) >= 11 is 0. The lowest BCUT2D eigenvalue weighted by Crippen LogP contribution is -2.46. The van der Waals surface area contributed by atoms with Crippen molar-refractivity contribution in [2.45, 2.75) is 38.9 Å². The Labute approximate surface area is 213 Å². The van der Waals surface area contributed by atoms with Gasteiger partial charge in [0.2, 0.25) is 10.0 Å². The summed E-state index contributed by atoms with van der Waals surface area (Å²) in [6.45, 7) is 3.47.